The summed E-state index contributed by atoms with van der Waals surface area (Å²) in [5.41, 5.74) is 5.89. The molecule has 6 heteroatoms. The third-order valence-electron chi connectivity index (χ3n) is 2.94. The van der Waals surface area contributed by atoms with E-state index in [1.165, 1.54) is 0 Å². The van der Waals surface area contributed by atoms with Crippen LogP contribution < -0.4 is 10.5 Å². The van der Waals surface area contributed by atoms with Gasteiger partial charge in [0.25, 0.3) is 0 Å². The Labute approximate surface area is 138 Å². The second kappa shape index (κ2) is 9.25. The smallest absolute Gasteiger partial charge is 0.410 e. The fourth-order valence-corrected chi connectivity index (χ4v) is 1.80. The van der Waals surface area contributed by atoms with Crippen molar-refractivity contribution in [3.05, 3.63) is 24.3 Å². The number of anilines is 1. The van der Waals surface area contributed by atoms with Gasteiger partial charge in [-0.1, -0.05) is 12.1 Å². The van der Waals surface area contributed by atoms with Crippen LogP contribution in [-0.4, -0.2) is 49.5 Å². The first-order valence-corrected chi connectivity index (χ1v) is 7.86. The van der Waals surface area contributed by atoms with Crippen molar-refractivity contribution in [1.29, 1.82) is 0 Å². The molecule has 1 rings (SSSR count). The van der Waals surface area contributed by atoms with Crippen molar-refractivity contribution in [3.8, 4) is 5.75 Å². The molecule has 0 spiro atoms. The molecule has 0 atom stereocenters. The van der Waals surface area contributed by atoms with Gasteiger partial charge in [-0.2, -0.15) is 0 Å². The lowest BCUT2D eigenvalue weighted by Crippen LogP contribution is -2.38. The number of hydrogen-bond acceptors (Lipinski definition) is 5. The van der Waals surface area contributed by atoms with Crippen molar-refractivity contribution in [2.75, 3.05) is 38.6 Å². The van der Waals surface area contributed by atoms with Gasteiger partial charge in [0.1, 0.15) is 18.0 Å². The lowest BCUT2D eigenvalue weighted by atomic mass is 10.2. The molecule has 0 unspecified atom stereocenters. The molecule has 0 aromatic heterocycles. The van der Waals surface area contributed by atoms with Crippen molar-refractivity contribution >= 4 is 11.8 Å². The van der Waals surface area contributed by atoms with Gasteiger partial charge in [-0.3, -0.25) is 0 Å². The number of benzene rings is 1. The molecule has 2 N–H and O–H groups in total. The highest BCUT2D eigenvalue weighted by Gasteiger charge is 2.20. The van der Waals surface area contributed by atoms with Gasteiger partial charge in [0.15, 0.2) is 0 Å². The maximum atomic E-state index is 11.9. The Morgan fingerprint density at radius 3 is 2.48 bits per heavy atom. The van der Waals surface area contributed by atoms with Crippen molar-refractivity contribution in [2.24, 2.45) is 0 Å². The Morgan fingerprint density at radius 2 is 1.87 bits per heavy atom. The molecule has 130 valence electrons. The van der Waals surface area contributed by atoms with E-state index in [1.807, 2.05) is 45.9 Å². The third-order valence-corrected chi connectivity index (χ3v) is 2.94. The zero-order valence-electron chi connectivity index (χ0n) is 14.5. The van der Waals surface area contributed by atoms with E-state index < -0.39 is 5.60 Å². The predicted molar refractivity (Wildman–Crippen MR) is 90.6 cm³/mol. The Morgan fingerprint density at radius 1 is 1.17 bits per heavy atom. The van der Waals surface area contributed by atoms with Gasteiger partial charge in [0.2, 0.25) is 0 Å². The zero-order valence-corrected chi connectivity index (χ0v) is 14.5. The molecule has 0 saturated carbocycles. The number of carbonyl (C=O) groups is 1. The van der Waals surface area contributed by atoms with Gasteiger partial charge >= 0.3 is 6.09 Å². The fourth-order valence-electron chi connectivity index (χ4n) is 1.80. The second-order valence-corrected chi connectivity index (χ2v) is 6.06. The minimum absolute atomic E-state index is 0.322. The van der Waals surface area contributed by atoms with Gasteiger partial charge in [0, 0.05) is 13.1 Å². The summed E-state index contributed by atoms with van der Waals surface area (Å²) in [6, 6.07) is 7.33. The number of hydrogen-bond donors (Lipinski definition) is 1. The van der Waals surface area contributed by atoms with E-state index in [1.54, 1.807) is 11.0 Å². The molecule has 1 aromatic rings. The van der Waals surface area contributed by atoms with Gasteiger partial charge < -0.3 is 24.8 Å². The second-order valence-electron chi connectivity index (χ2n) is 6.06. The van der Waals surface area contributed by atoms with E-state index in [0.717, 1.165) is 0 Å². The first-order chi connectivity index (χ1) is 10.8. The lowest BCUT2D eigenvalue weighted by molar-refractivity contribution is 0.0172. The minimum Gasteiger partial charge on any atom is -0.489 e. The van der Waals surface area contributed by atoms with Crippen LogP contribution in [0.25, 0.3) is 0 Å². The summed E-state index contributed by atoms with van der Waals surface area (Å²) >= 11 is 0. The summed E-state index contributed by atoms with van der Waals surface area (Å²) in [7, 11) is 0. The molecule has 0 bridgehead atoms. The summed E-state index contributed by atoms with van der Waals surface area (Å²) < 4.78 is 16.4. The SMILES string of the molecule is CCN(CCOCCOc1ccccc1N)C(=O)OC(C)(C)C. The Hall–Kier alpha value is -1.95. The van der Waals surface area contributed by atoms with Gasteiger partial charge in [-0.15, -0.1) is 0 Å². The topological polar surface area (TPSA) is 74.0 Å². The van der Waals surface area contributed by atoms with Gasteiger partial charge in [-0.25, -0.2) is 4.79 Å². The molecule has 0 aliphatic carbocycles. The van der Waals surface area contributed by atoms with Crippen LogP contribution in [0.1, 0.15) is 27.7 Å². The van der Waals surface area contributed by atoms with Crippen molar-refractivity contribution in [2.45, 2.75) is 33.3 Å². The van der Waals surface area contributed by atoms with Crippen LogP contribution in [0.3, 0.4) is 0 Å². The van der Waals surface area contributed by atoms with Gasteiger partial charge in [-0.05, 0) is 39.8 Å². The monoisotopic (exact) mass is 324 g/mol. The van der Waals surface area contributed by atoms with Crippen LogP contribution >= 0.6 is 0 Å². The largest absolute Gasteiger partial charge is 0.489 e. The average Bonchev–Trinajstić information content (AvgIpc) is 2.46. The summed E-state index contributed by atoms with van der Waals surface area (Å²) in [6.45, 7) is 9.79. The number of ether oxygens (including phenoxy) is 3. The number of likely N-dealkylation sites (N-methyl/N-ethyl adjacent to an activating group) is 1. The van der Waals surface area contributed by atoms with E-state index in [-0.39, 0.29) is 6.09 Å². The van der Waals surface area contributed by atoms with E-state index in [4.69, 9.17) is 19.9 Å². The molecule has 0 fully saturated rings. The molecule has 6 nitrogen and oxygen atoms in total. The van der Waals surface area contributed by atoms with Crippen molar-refractivity contribution in [3.63, 3.8) is 0 Å². The minimum atomic E-state index is -0.491. The summed E-state index contributed by atoms with van der Waals surface area (Å²) in [5, 5.41) is 0. The summed E-state index contributed by atoms with van der Waals surface area (Å²) in [4.78, 5) is 13.6. The fraction of sp³-hybridized carbons (Fsp3) is 0.588. The number of nitrogens with two attached hydrogens (primary N) is 1. The molecular formula is C17H28N2O4. The zero-order chi connectivity index (χ0) is 17.3. The van der Waals surface area contributed by atoms with Crippen LogP contribution in [0.5, 0.6) is 5.75 Å². The van der Waals surface area contributed by atoms with Crippen LogP contribution in [0.2, 0.25) is 0 Å². The highest BCUT2D eigenvalue weighted by Crippen LogP contribution is 2.19. The Balaban J connectivity index is 2.20. The third kappa shape index (κ3) is 7.74. The molecule has 1 aromatic carbocycles. The molecule has 0 aliphatic heterocycles. The first-order valence-electron chi connectivity index (χ1n) is 7.86. The number of nitrogens with zero attached hydrogens (tertiary/aromatic N) is 1. The van der Waals surface area contributed by atoms with E-state index in [2.05, 4.69) is 0 Å². The predicted octanol–water partition coefficient (Wildman–Crippen LogP) is 2.92. The highest BCUT2D eigenvalue weighted by atomic mass is 16.6. The molecular weight excluding hydrogens is 296 g/mol. The molecule has 0 aliphatic rings. The maximum absolute atomic E-state index is 11.9. The van der Waals surface area contributed by atoms with Crippen LogP contribution in [0, 0.1) is 0 Å². The van der Waals surface area contributed by atoms with Gasteiger partial charge in [0.05, 0.1) is 18.9 Å². The Bertz CT molecular complexity index is 486. The van der Waals surface area contributed by atoms with E-state index >= 15 is 0 Å². The van der Waals surface area contributed by atoms with Crippen molar-refractivity contribution in [1.82, 2.24) is 4.90 Å². The maximum Gasteiger partial charge on any atom is 0.410 e. The quantitative estimate of drug-likeness (QED) is 0.588. The van der Waals surface area contributed by atoms with E-state index in [9.17, 15) is 4.79 Å². The van der Waals surface area contributed by atoms with E-state index in [0.29, 0.717) is 44.3 Å². The molecule has 1 amide bonds. The molecule has 23 heavy (non-hydrogen) atoms. The number of para-hydroxylation sites is 2. The molecule has 0 saturated heterocycles. The van der Waals surface area contributed by atoms with Crippen LogP contribution in [0.15, 0.2) is 24.3 Å². The summed E-state index contributed by atoms with van der Waals surface area (Å²) in [6.07, 6.45) is -0.322. The molecule has 0 radical (unpaired) electrons. The number of rotatable bonds is 8. The molecule has 0 heterocycles. The number of amides is 1. The lowest BCUT2D eigenvalue weighted by Gasteiger charge is -2.26. The Kier molecular flexibility index (Phi) is 7.68. The normalized spacial score (nSPS) is 11.1. The summed E-state index contributed by atoms with van der Waals surface area (Å²) in [5.74, 6) is 0.653. The van der Waals surface area contributed by atoms with Crippen LogP contribution in [0.4, 0.5) is 10.5 Å². The van der Waals surface area contributed by atoms with Crippen molar-refractivity contribution < 1.29 is 19.0 Å². The number of carbonyl (C=O) groups excluding carboxylic acids is 1. The standard InChI is InChI=1S/C17H28N2O4/c1-5-19(16(20)23-17(2,3)4)10-11-21-12-13-22-15-9-7-6-8-14(15)18/h6-9H,5,10-13,18H2,1-4H3. The average molecular weight is 324 g/mol. The highest BCUT2D eigenvalue weighted by molar-refractivity contribution is 5.68. The van der Waals surface area contributed by atoms with Crippen LogP contribution in [-0.2, 0) is 9.47 Å². The number of nitrogen functional groups attached to an aromatic ring is 1. The first kappa shape index (κ1) is 19.1.